The van der Waals surface area contributed by atoms with E-state index in [0.717, 1.165) is 19.3 Å². The van der Waals surface area contributed by atoms with Gasteiger partial charge in [0.2, 0.25) is 0 Å². The Hall–Kier alpha value is -0.180. The first kappa shape index (κ1) is 11.8. The molecule has 0 amide bonds. The Labute approximate surface area is 76.2 Å². The predicted molar refractivity (Wildman–Crippen MR) is 55.4 cm³/mol. The Bertz CT molecular complexity index is 181. The van der Waals surface area contributed by atoms with Gasteiger partial charge in [-0.1, -0.05) is 19.8 Å². The van der Waals surface area contributed by atoms with E-state index in [1.807, 2.05) is 0 Å². The first-order valence-corrected chi connectivity index (χ1v) is 7.30. The van der Waals surface area contributed by atoms with Gasteiger partial charge >= 0.3 is 0 Å². The van der Waals surface area contributed by atoms with Gasteiger partial charge in [0.05, 0.1) is 5.75 Å². The first-order valence-electron chi connectivity index (χ1n) is 4.51. The van der Waals surface area contributed by atoms with E-state index in [0.29, 0.717) is 6.42 Å². The van der Waals surface area contributed by atoms with Crippen molar-refractivity contribution in [1.82, 2.24) is 0 Å². The van der Waals surface area contributed by atoms with E-state index in [-0.39, 0.29) is 11.5 Å². The number of hydrogen-bond donors (Lipinski definition) is 1. The van der Waals surface area contributed by atoms with Gasteiger partial charge in [-0.05, 0) is 18.9 Å². The number of carbonyl (C=O) groups excluding carboxylic acids is 1. The monoisotopic (exact) mass is 192 g/mol. The van der Waals surface area contributed by atoms with Crippen molar-refractivity contribution in [2.75, 3.05) is 18.3 Å². The van der Waals surface area contributed by atoms with Crippen molar-refractivity contribution in [3.63, 3.8) is 0 Å². The van der Waals surface area contributed by atoms with Crippen LogP contribution in [0.3, 0.4) is 0 Å². The quantitative estimate of drug-likeness (QED) is 0.510. The third kappa shape index (κ3) is 7.92. The zero-order chi connectivity index (χ0) is 9.61. The lowest BCUT2D eigenvalue weighted by atomic mass is 10.2. The van der Waals surface area contributed by atoms with E-state index in [1.165, 1.54) is 0 Å². The molecule has 0 aromatic heterocycles. The molecule has 12 heavy (non-hydrogen) atoms. The van der Waals surface area contributed by atoms with Crippen molar-refractivity contribution in [2.45, 2.75) is 32.6 Å². The maximum Gasteiger partial charge on any atom is 0.143 e. The lowest BCUT2D eigenvalue weighted by Crippen LogP contribution is -2.19. The van der Waals surface area contributed by atoms with Crippen molar-refractivity contribution in [2.24, 2.45) is 0 Å². The van der Waals surface area contributed by atoms with E-state index in [2.05, 4.69) is 6.92 Å². The minimum atomic E-state index is -2.12. The molecule has 0 rings (SSSR count). The van der Waals surface area contributed by atoms with Gasteiger partial charge in [-0.15, -0.1) is 9.93 Å². The number of ketones is 1. The SMILES string of the molecule is CCCCCC(=O)C[SH](C)(C)=O. The van der Waals surface area contributed by atoms with E-state index in [9.17, 15) is 9.00 Å². The summed E-state index contributed by atoms with van der Waals surface area (Å²) in [6.07, 6.45) is 7.14. The van der Waals surface area contributed by atoms with Crippen molar-refractivity contribution < 1.29 is 9.00 Å². The molecule has 0 saturated carbocycles. The molecule has 74 valence electrons. The van der Waals surface area contributed by atoms with Crippen molar-refractivity contribution in [3.8, 4) is 0 Å². The summed E-state index contributed by atoms with van der Waals surface area (Å²) in [6.45, 7) is 2.11. The molecule has 0 unspecified atom stereocenters. The summed E-state index contributed by atoms with van der Waals surface area (Å²) in [6, 6.07) is 0. The minimum absolute atomic E-state index is 0.164. The van der Waals surface area contributed by atoms with Crippen LogP contribution >= 0.6 is 0 Å². The number of rotatable bonds is 6. The Morgan fingerprint density at radius 2 is 1.83 bits per heavy atom. The second kappa shape index (κ2) is 5.46. The van der Waals surface area contributed by atoms with E-state index in [1.54, 1.807) is 12.5 Å². The van der Waals surface area contributed by atoms with Crippen LogP contribution in [0.4, 0.5) is 0 Å². The molecule has 0 saturated heterocycles. The third-order valence-electron chi connectivity index (χ3n) is 1.62. The normalized spacial score (nSPS) is 12.9. The standard InChI is InChI=1S/C9H20O2S/c1-4-5-6-7-9(10)8-12(2,3)11/h12H,4-8H2,1-3H3. The molecule has 0 fully saturated rings. The van der Waals surface area contributed by atoms with Crippen molar-refractivity contribution in [1.29, 1.82) is 0 Å². The van der Waals surface area contributed by atoms with Crippen LogP contribution in [0.2, 0.25) is 0 Å². The highest BCUT2D eigenvalue weighted by Crippen LogP contribution is 2.02. The molecule has 0 spiro atoms. The highest BCUT2D eigenvalue weighted by Gasteiger charge is 2.08. The molecule has 0 aliphatic rings. The van der Waals surface area contributed by atoms with Crippen LogP contribution in [0.5, 0.6) is 0 Å². The van der Waals surface area contributed by atoms with Gasteiger partial charge in [-0.2, -0.15) is 0 Å². The van der Waals surface area contributed by atoms with Crippen LogP contribution in [0.25, 0.3) is 0 Å². The molecule has 2 nitrogen and oxygen atoms in total. The van der Waals surface area contributed by atoms with Gasteiger partial charge in [-0.3, -0.25) is 9.00 Å². The number of Topliss-reactive ketones (excluding diaryl/α,β-unsaturated/α-hetero) is 1. The zero-order valence-corrected chi connectivity index (χ0v) is 9.19. The number of unbranched alkanes of at least 4 members (excludes halogenated alkanes) is 2. The highest BCUT2D eigenvalue weighted by molar-refractivity contribution is 8.02. The fraction of sp³-hybridized carbons (Fsp3) is 0.889. The molecular formula is C9H20O2S. The predicted octanol–water partition coefficient (Wildman–Crippen LogP) is 1.41. The summed E-state index contributed by atoms with van der Waals surface area (Å²) in [5, 5.41) is 0. The molecule has 0 radical (unpaired) electrons. The fourth-order valence-corrected chi connectivity index (χ4v) is 2.08. The lowest BCUT2D eigenvalue weighted by molar-refractivity contribution is -0.116. The van der Waals surface area contributed by atoms with Gasteiger partial charge in [0.15, 0.2) is 0 Å². The molecule has 0 atom stereocenters. The highest BCUT2D eigenvalue weighted by atomic mass is 32.2. The molecule has 0 aromatic carbocycles. The van der Waals surface area contributed by atoms with Gasteiger partial charge in [-0.25, -0.2) is 0 Å². The summed E-state index contributed by atoms with van der Waals surface area (Å²) in [5.74, 6) is 0.452. The molecule has 0 N–H and O–H groups in total. The van der Waals surface area contributed by atoms with Crippen LogP contribution in [-0.2, 0) is 14.7 Å². The first-order chi connectivity index (χ1) is 5.45. The summed E-state index contributed by atoms with van der Waals surface area (Å²) < 4.78 is 11.2. The van der Waals surface area contributed by atoms with E-state index in [4.69, 9.17) is 0 Å². The van der Waals surface area contributed by atoms with Gasteiger partial charge < -0.3 is 0 Å². The summed E-state index contributed by atoms with van der Waals surface area (Å²) in [4.78, 5) is 11.2. The Balaban J connectivity index is 3.54. The summed E-state index contributed by atoms with van der Waals surface area (Å²) in [5.41, 5.74) is 0. The fourth-order valence-electron chi connectivity index (χ4n) is 1.08. The van der Waals surface area contributed by atoms with Gasteiger partial charge in [0, 0.05) is 6.42 Å². The Morgan fingerprint density at radius 3 is 2.25 bits per heavy atom. The Kier molecular flexibility index (Phi) is 5.38. The van der Waals surface area contributed by atoms with Crippen LogP contribution in [-0.4, -0.2) is 28.3 Å². The molecular weight excluding hydrogens is 172 g/mol. The van der Waals surface area contributed by atoms with Crippen LogP contribution in [0, 0.1) is 0 Å². The summed E-state index contributed by atoms with van der Waals surface area (Å²) in [7, 11) is -2.12. The largest absolute Gasteiger partial charge is 0.299 e. The average Bonchev–Trinajstić information content (AvgIpc) is 1.84. The molecule has 0 aromatic rings. The van der Waals surface area contributed by atoms with Crippen molar-refractivity contribution >= 4 is 15.7 Å². The topological polar surface area (TPSA) is 34.1 Å². The maximum atomic E-state index is 11.2. The second-order valence-corrected chi connectivity index (χ2v) is 7.19. The number of carbonyl (C=O) groups is 1. The minimum Gasteiger partial charge on any atom is -0.299 e. The zero-order valence-electron chi connectivity index (χ0n) is 8.30. The molecule has 0 bridgehead atoms. The Morgan fingerprint density at radius 1 is 1.25 bits per heavy atom. The number of thiol groups is 1. The molecule has 0 aliphatic heterocycles. The summed E-state index contributed by atoms with van der Waals surface area (Å²) >= 11 is 0. The molecule has 0 aliphatic carbocycles. The maximum absolute atomic E-state index is 11.2. The van der Waals surface area contributed by atoms with Crippen LogP contribution < -0.4 is 0 Å². The van der Waals surface area contributed by atoms with Gasteiger partial charge in [0.1, 0.15) is 5.78 Å². The molecule has 0 heterocycles. The van der Waals surface area contributed by atoms with Gasteiger partial charge in [0.25, 0.3) is 0 Å². The second-order valence-electron chi connectivity index (χ2n) is 3.73. The number of hydrogen-bond acceptors (Lipinski definition) is 2. The molecule has 3 heteroatoms. The van der Waals surface area contributed by atoms with E-state index >= 15 is 0 Å². The van der Waals surface area contributed by atoms with Crippen LogP contribution in [0.1, 0.15) is 32.6 Å². The lowest BCUT2D eigenvalue weighted by Gasteiger charge is -2.09. The van der Waals surface area contributed by atoms with E-state index < -0.39 is 9.93 Å². The third-order valence-corrected chi connectivity index (χ3v) is 2.73. The van der Waals surface area contributed by atoms with Crippen molar-refractivity contribution in [3.05, 3.63) is 0 Å². The smallest absolute Gasteiger partial charge is 0.143 e. The average molecular weight is 192 g/mol. The van der Waals surface area contributed by atoms with Crippen LogP contribution in [0.15, 0.2) is 0 Å².